The molecule has 9 heteroatoms. The molecule has 0 aliphatic carbocycles. The summed E-state index contributed by atoms with van der Waals surface area (Å²) in [6.07, 6.45) is 1.48. The third-order valence-corrected chi connectivity index (χ3v) is 7.33. The van der Waals surface area contributed by atoms with Crippen LogP contribution in [0.5, 0.6) is 0 Å². The Bertz CT molecular complexity index is 1070. The number of hydrogen-bond donors (Lipinski definition) is 1. The third-order valence-electron chi connectivity index (χ3n) is 4.44. The quantitative estimate of drug-likeness (QED) is 0.704. The van der Waals surface area contributed by atoms with E-state index in [-0.39, 0.29) is 12.5 Å². The van der Waals surface area contributed by atoms with Crippen LogP contribution in [0, 0.1) is 0 Å². The molecule has 0 saturated carbocycles. The first-order chi connectivity index (χ1) is 12.9. The molecular formula is C18H17N3O3S3. The first kappa shape index (κ1) is 18.3. The van der Waals surface area contributed by atoms with Gasteiger partial charge in [-0.2, -0.15) is 4.31 Å². The van der Waals surface area contributed by atoms with Gasteiger partial charge in [-0.1, -0.05) is 30.3 Å². The van der Waals surface area contributed by atoms with E-state index in [9.17, 15) is 13.2 Å². The molecule has 1 amide bonds. The SMILES string of the molecule is CS(=O)(=O)N1Cc2ccccc2C[C@@H]1C(=O)Nc1nc(-c2cccs2)cs1. The normalized spacial score (nSPS) is 17.4. The first-order valence-electron chi connectivity index (χ1n) is 8.25. The lowest BCUT2D eigenvalue weighted by Gasteiger charge is -2.33. The molecule has 4 rings (SSSR count). The van der Waals surface area contributed by atoms with E-state index in [1.807, 2.05) is 47.2 Å². The van der Waals surface area contributed by atoms with Crippen LogP contribution in [0.2, 0.25) is 0 Å². The molecule has 27 heavy (non-hydrogen) atoms. The fourth-order valence-electron chi connectivity index (χ4n) is 3.13. The van der Waals surface area contributed by atoms with Crippen LogP contribution in [0.4, 0.5) is 5.13 Å². The van der Waals surface area contributed by atoms with Gasteiger partial charge in [0.05, 0.1) is 16.8 Å². The molecule has 2 aromatic heterocycles. The second kappa shape index (κ2) is 7.16. The van der Waals surface area contributed by atoms with E-state index in [1.165, 1.54) is 15.6 Å². The molecule has 140 valence electrons. The summed E-state index contributed by atoms with van der Waals surface area (Å²) >= 11 is 2.91. The molecule has 0 fully saturated rings. The molecule has 1 aliphatic rings. The molecule has 6 nitrogen and oxygen atoms in total. The largest absolute Gasteiger partial charge is 0.301 e. The number of carbonyl (C=O) groups excluding carboxylic acids is 1. The highest BCUT2D eigenvalue weighted by atomic mass is 32.2. The van der Waals surface area contributed by atoms with Gasteiger partial charge in [0, 0.05) is 11.9 Å². The predicted molar refractivity (Wildman–Crippen MR) is 108 cm³/mol. The zero-order valence-corrected chi connectivity index (χ0v) is 16.9. The summed E-state index contributed by atoms with van der Waals surface area (Å²) in [5, 5.41) is 7.11. The maximum atomic E-state index is 12.9. The van der Waals surface area contributed by atoms with Crippen LogP contribution in [0.15, 0.2) is 47.2 Å². The zero-order valence-electron chi connectivity index (χ0n) is 14.5. The lowest BCUT2D eigenvalue weighted by atomic mass is 9.95. The number of benzene rings is 1. The number of anilines is 1. The topological polar surface area (TPSA) is 79.4 Å². The van der Waals surface area contributed by atoms with Crippen molar-refractivity contribution in [3.05, 3.63) is 58.3 Å². The van der Waals surface area contributed by atoms with Crippen molar-refractivity contribution in [1.29, 1.82) is 0 Å². The number of aromatic nitrogens is 1. The molecule has 0 radical (unpaired) electrons. The molecule has 3 aromatic rings. The van der Waals surface area contributed by atoms with Gasteiger partial charge in [-0.3, -0.25) is 4.79 Å². The Morgan fingerprint density at radius 1 is 1.19 bits per heavy atom. The number of sulfonamides is 1. The number of fused-ring (bicyclic) bond motifs is 1. The Labute approximate surface area is 165 Å². The van der Waals surface area contributed by atoms with Crippen molar-refractivity contribution < 1.29 is 13.2 Å². The number of nitrogens with one attached hydrogen (secondary N) is 1. The first-order valence-corrected chi connectivity index (χ1v) is 11.9. The minimum absolute atomic E-state index is 0.200. The minimum atomic E-state index is -3.53. The number of amides is 1. The van der Waals surface area contributed by atoms with Crippen molar-refractivity contribution >= 4 is 43.7 Å². The average Bonchev–Trinajstić information content (AvgIpc) is 3.31. The average molecular weight is 420 g/mol. The van der Waals surface area contributed by atoms with E-state index in [1.54, 1.807) is 11.3 Å². The Balaban J connectivity index is 1.58. The van der Waals surface area contributed by atoms with Crippen molar-refractivity contribution in [1.82, 2.24) is 9.29 Å². The van der Waals surface area contributed by atoms with Gasteiger partial charge >= 0.3 is 0 Å². The maximum absolute atomic E-state index is 12.9. The van der Waals surface area contributed by atoms with E-state index in [4.69, 9.17) is 0 Å². The summed E-state index contributed by atoms with van der Waals surface area (Å²) < 4.78 is 25.8. The molecule has 3 heterocycles. The van der Waals surface area contributed by atoms with Gasteiger partial charge in [-0.15, -0.1) is 22.7 Å². The lowest BCUT2D eigenvalue weighted by Crippen LogP contribution is -2.50. The summed E-state index contributed by atoms with van der Waals surface area (Å²) in [6, 6.07) is 10.7. The van der Waals surface area contributed by atoms with Gasteiger partial charge in [-0.05, 0) is 29.0 Å². The van der Waals surface area contributed by atoms with Crippen LogP contribution in [0.3, 0.4) is 0 Å². The summed E-state index contributed by atoms with van der Waals surface area (Å²) in [6.45, 7) is 0.200. The van der Waals surface area contributed by atoms with Crippen LogP contribution >= 0.6 is 22.7 Å². The Hall–Kier alpha value is -2.07. The van der Waals surface area contributed by atoms with Crippen LogP contribution in [0.1, 0.15) is 11.1 Å². The maximum Gasteiger partial charge on any atom is 0.244 e. The van der Waals surface area contributed by atoms with Gasteiger partial charge in [0.25, 0.3) is 0 Å². The van der Waals surface area contributed by atoms with Crippen LogP contribution in [-0.2, 0) is 27.8 Å². The predicted octanol–water partition coefficient (Wildman–Crippen LogP) is 3.20. The summed E-state index contributed by atoms with van der Waals surface area (Å²) in [4.78, 5) is 18.4. The van der Waals surface area contributed by atoms with Crippen molar-refractivity contribution in [3.63, 3.8) is 0 Å². The molecule has 0 saturated heterocycles. The van der Waals surface area contributed by atoms with E-state index < -0.39 is 16.1 Å². The van der Waals surface area contributed by atoms with Crippen LogP contribution in [-0.4, -0.2) is 35.9 Å². The standard InChI is InChI=1S/C18H17N3O3S3/c1-27(23,24)21-10-13-6-3-2-5-12(13)9-15(21)17(22)20-18-19-14(11-26-18)16-7-4-8-25-16/h2-8,11,15H,9-10H2,1H3,(H,19,20,22)/t15-/m1/s1. The number of thiazole rings is 1. The monoisotopic (exact) mass is 419 g/mol. The Morgan fingerprint density at radius 2 is 1.96 bits per heavy atom. The third kappa shape index (κ3) is 3.81. The highest BCUT2D eigenvalue weighted by Crippen LogP contribution is 2.30. The van der Waals surface area contributed by atoms with E-state index in [0.717, 1.165) is 28.0 Å². The highest BCUT2D eigenvalue weighted by Gasteiger charge is 2.37. The molecule has 0 unspecified atom stereocenters. The molecule has 1 N–H and O–H groups in total. The lowest BCUT2D eigenvalue weighted by molar-refractivity contribution is -0.120. The fourth-order valence-corrected chi connectivity index (χ4v) is 5.61. The highest BCUT2D eigenvalue weighted by molar-refractivity contribution is 7.88. The Morgan fingerprint density at radius 3 is 2.67 bits per heavy atom. The van der Waals surface area contributed by atoms with E-state index in [2.05, 4.69) is 10.3 Å². The summed E-state index contributed by atoms with van der Waals surface area (Å²) in [7, 11) is -3.53. The molecule has 0 spiro atoms. The van der Waals surface area contributed by atoms with Crippen molar-refractivity contribution in [2.45, 2.75) is 19.0 Å². The number of carbonyl (C=O) groups is 1. The zero-order chi connectivity index (χ0) is 19.0. The van der Waals surface area contributed by atoms with Crippen molar-refractivity contribution in [2.24, 2.45) is 0 Å². The fraction of sp³-hybridized carbons (Fsp3) is 0.222. The van der Waals surface area contributed by atoms with Crippen molar-refractivity contribution in [3.8, 4) is 10.6 Å². The molecular weight excluding hydrogens is 402 g/mol. The second-order valence-electron chi connectivity index (χ2n) is 6.30. The molecule has 0 bridgehead atoms. The molecule has 1 aliphatic heterocycles. The van der Waals surface area contributed by atoms with Gasteiger partial charge in [-0.25, -0.2) is 13.4 Å². The van der Waals surface area contributed by atoms with Gasteiger partial charge in [0.2, 0.25) is 15.9 Å². The number of nitrogens with zero attached hydrogens (tertiary/aromatic N) is 2. The van der Waals surface area contributed by atoms with Gasteiger partial charge < -0.3 is 5.32 Å². The molecule has 1 aromatic carbocycles. The Kier molecular flexibility index (Phi) is 4.85. The number of hydrogen-bond acceptors (Lipinski definition) is 6. The summed E-state index contributed by atoms with van der Waals surface area (Å²) in [5.74, 6) is -0.359. The summed E-state index contributed by atoms with van der Waals surface area (Å²) in [5.41, 5.74) is 2.73. The second-order valence-corrected chi connectivity index (χ2v) is 10.0. The van der Waals surface area contributed by atoms with Crippen molar-refractivity contribution in [2.75, 3.05) is 11.6 Å². The van der Waals surface area contributed by atoms with E-state index in [0.29, 0.717) is 11.6 Å². The number of thiophene rings is 1. The molecule has 1 atom stereocenters. The van der Waals surface area contributed by atoms with Gasteiger partial charge in [0.1, 0.15) is 6.04 Å². The van der Waals surface area contributed by atoms with Crippen LogP contribution in [0.25, 0.3) is 10.6 Å². The smallest absolute Gasteiger partial charge is 0.244 e. The van der Waals surface area contributed by atoms with E-state index >= 15 is 0 Å². The minimum Gasteiger partial charge on any atom is -0.301 e. The number of rotatable bonds is 4. The van der Waals surface area contributed by atoms with Gasteiger partial charge in [0.15, 0.2) is 5.13 Å². The van der Waals surface area contributed by atoms with Crippen LogP contribution < -0.4 is 5.32 Å².